The van der Waals surface area contributed by atoms with E-state index < -0.39 is 11.6 Å². The summed E-state index contributed by atoms with van der Waals surface area (Å²) in [6, 6.07) is 0. The first-order valence-corrected chi connectivity index (χ1v) is 5.34. The van der Waals surface area contributed by atoms with Crippen LogP contribution in [-0.4, -0.2) is 16.7 Å². The summed E-state index contributed by atoms with van der Waals surface area (Å²) in [7, 11) is 0. The van der Waals surface area contributed by atoms with Gasteiger partial charge in [-0.3, -0.25) is 4.79 Å². The van der Waals surface area contributed by atoms with E-state index in [1.165, 1.54) is 25.7 Å². The lowest BCUT2D eigenvalue weighted by atomic mass is 10.0. The van der Waals surface area contributed by atoms with Crippen LogP contribution in [0, 0.1) is 0 Å². The Kier molecular flexibility index (Phi) is 4.04. The van der Waals surface area contributed by atoms with Crippen LogP contribution in [0.1, 0.15) is 51.9 Å². The van der Waals surface area contributed by atoms with Gasteiger partial charge >= 0.3 is 5.97 Å². The van der Waals surface area contributed by atoms with E-state index in [4.69, 9.17) is 5.11 Å². The Labute approximate surface area is 84.4 Å². The van der Waals surface area contributed by atoms with Crippen LogP contribution in [0.4, 0.5) is 0 Å². The second kappa shape index (κ2) is 5.08. The van der Waals surface area contributed by atoms with Crippen LogP contribution in [0.2, 0.25) is 0 Å². The Morgan fingerprint density at radius 3 is 2.36 bits per heavy atom. The second-order valence-corrected chi connectivity index (χ2v) is 3.92. The molecule has 0 saturated heterocycles. The summed E-state index contributed by atoms with van der Waals surface area (Å²) in [6.07, 6.45) is 6.82. The zero-order valence-electron chi connectivity index (χ0n) is 8.70. The van der Waals surface area contributed by atoms with Gasteiger partial charge in [0, 0.05) is 0 Å². The van der Waals surface area contributed by atoms with E-state index in [2.05, 4.69) is 17.2 Å². The molecule has 0 aromatic rings. The maximum Gasteiger partial charge on any atom is 0.307 e. The minimum absolute atomic E-state index is 0.0702. The Hall–Kier alpha value is -0.930. The molecule has 4 heteroatoms. The van der Waals surface area contributed by atoms with Crippen molar-refractivity contribution in [1.29, 1.82) is 0 Å². The predicted octanol–water partition coefficient (Wildman–Crippen LogP) is 2.98. The molecule has 80 valence electrons. The van der Waals surface area contributed by atoms with E-state index in [9.17, 15) is 4.79 Å². The van der Waals surface area contributed by atoms with Crippen molar-refractivity contribution >= 4 is 5.97 Å². The third-order valence-electron chi connectivity index (χ3n) is 2.50. The summed E-state index contributed by atoms with van der Waals surface area (Å²) in [6.45, 7) is 2.18. The molecule has 14 heavy (non-hydrogen) atoms. The van der Waals surface area contributed by atoms with E-state index in [0.29, 0.717) is 0 Å². The topological polar surface area (TPSA) is 62.0 Å². The van der Waals surface area contributed by atoms with Crippen molar-refractivity contribution in [1.82, 2.24) is 0 Å². The Bertz CT molecular complexity index is 220. The zero-order chi connectivity index (χ0) is 10.4. The molecule has 0 unspecified atom stereocenters. The molecule has 1 N–H and O–H groups in total. The van der Waals surface area contributed by atoms with Crippen molar-refractivity contribution in [2.24, 2.45) is 10.2 Å². The molecule has 1 aliphatic rings. The number of carbonyl (C=O) groups is 1. The summed E-state index contributed by atoms with van der Waals surface area (Å²) >= 11 is 0. The number of aliphatic carboxylic acids is 1. The largest absolute Gasteiger partial charge is 0.481 e. The van der Waals surface area contributed by atoms with Gasteiger partial charge in [0.05, 0.1) is 6.42 Å². The van der Waals surface area contributed by atoms with Gasteiger partial charge in [0.2, 0.25) is 5.66 Å². The van der Waals surface area contributed by atoms with Gasteiger partial charge in [-0.25, -0.2) is 0 Å². The molecule has 0 aliphatic carbocycles. The molecule has 0 atom stereocenters. The molecule has 1 rings (SSSR count). The van der Waals surface area contributed by atoms with E-state index in [0.717, 1.165) is 12.8 Å². The standard InChI is InChI=1S/C10H18N2O2/c1-2-3-4-5-6-7-10(11-12-10)8-9(13)14/h2-8H2,1H3,(H,13,14). The monoisotopic (exact) mass is 198 g/mol. The van der Waals surface area contributed by atoms with Crippen molar-refractivity contribution in [2.45, 2.75) is 57.5 Å². The number of carboxylic acids is 1. The third-order valence-corrected chi connectivity index (χ3v) is 2.50. The summed E-state index contributed by atoms with van der Waals surface area (Å²) < 4.78 is 0. The van der Waals surface area contributed by atoms with Crippen LogP contribution in [0.15, 0.2) is 10.2 Å². The lowest BCUT2D eigenvalue weighted by Crippen LogP contribution is -2.16. The molecular formula is C10H18N2O2. The van der Waals surface area contributed by atoms with Crippen molar-refractivity contribution < 1.29 is 9.90 Å². The summed E-state index contributed by atoms with van der Waals surface area (Å²) in [5, 5.41) is 16.3. The smallest absolute Gasteiger partial charge is 0.307 e. The normalized spacial score (nSPS) is 16.9. The van der Waals surface area contributed by atoms with Crippen LogP contribution >= 0.6 is 0 Å². The molecule has 0 fully saturated rings. The van der Waals surface area contributed by atoms with Gasteiger partial charge in [0.1, 0.15) is 0 Å². The number of hydrogen-bond acceptors (Lipinski definition) is 3. The van der Waals surface area contributed by atoms with Crippen molar-refractivity contribution in [3.8, 4) is 0 Å². The van der Waals surface area contributed by atoms with E-state index >= 15 is 0 Å². The molecule has 1 aliphatic heterocycles. The first kappa shape index (κ1) is 11.1. The molecule has 0 amide bonds. The van der Waals surface area contributed by atoms with Gasteiger partial charge in [-0.1, -0.05) is 32.6 Å². The van der Waals surface area contributed by atoms with Crippen molar-refractivity contribution in [3.63, 3.8) is 0 Å². The molecule has 0 aromatic heterocycles. The third kappa shape index (κ3) is 3.85. The minimum atomic E-state index is -0.802. The number of hydrogen-bond donors (Lipinski definition) is 1. The van der Waals surface area contributed by atoms with Crippen LogP contribution in [0.3, 0.4) is 0 Å². The summed E-state index contributed by atoms with van der Waals surface area (Å²) in [5.41, 5.74) is -0.530. The van der Waals surface area contributed by atoms with Gasteiger partial charge in [-0.2, -0.15) is 10.2 Å². The second-order valence-electron chi connectivity index (χ2n) is 3.92. The molecule has 0 bridgehead atoms. The number of carboxylic acid groups (broad SMARTS) is 1. The highest BCUT2D eigenvalue weighted by atomic mass is 16.4. The van der Waals surface area contributed by atoms with E-state index in [-0.39, 0.29) is 6.42 Å². The lowest BCUT2D eigenvalue weighted by molar-refractivity contribution is -0.137. The van der Waals surface area contributed by atoms with Gasteiger partial charge < -0.3 is 5.11 Å². The predicted molar refractivity (Wildman–Crippen MR) is 53.2 cm³/mol. The molecule has 0 spiro atoms. The highest BCUT2D eigenvalue weighted by molar-refractivity contribution is 5.68. The Morgan fingerprint density at radius 1 is 1.21 bits per heavy atom. The Balaban J connectivity index is 2.03. The Morgan fingerprint density at radius 2 is 1.86 bits per heavy atom. The quantitative estimate of drug-likeness (QED) is 0.609. The van der Waals surface area contributed by atoms with E-state index in [1.54, 1.807) is 0 Å². The fourth-order valence-corrected chi connectivity index (χ4v) is 1.58. The average Bonchev–Trinajstić information content (AvgIpc) is 2.84. The molecule has 0 aromatic carbocycles. The number of unbranched alkanes of at least 4 members (excludes halogenated alkanes) is 4. The molecule has 0 radical (unpaired) electrons. The first-order chi connectivity index (χ1) is 6.68. The zero-order valence-corrected chi connectivity index (χ0v) is 8.70. The van der Waals surface area contributed by atoms with Gasteiger partial charge in [0.15, 0.2) is 0 Å². The fourth-order valence-electron chi connectivity index (χ4n) is 1.58. The van der Waals surface area contributed by atoms with Crippen LogP contribution in [0.25, 0.3) is 0 Å². The minimum Gasteiger partial charge on any atom is -0.481 e. The summed E-state index contributed by atoms with van der Waals surface area (Å²) in [5.74, 6) is -0.802. The first-order valence-electron chi connectivity index (χ1n) is 5.34. The van der Waals surface area contributed by atoms with E-state index in [1.807, 2.05) is 0 Å². The fraction of sp³-hybridized carbons (Fsp3) is 0.900. The average molecular weight is 198 g/mol. The number of rotatable bonds is 8. The molecule has 4 nitrogen and oxygen atoms in total. The molecular weight excluding hydrogens is 180 g/mol. The lowest BCUT2D eigenvalue weighted by Gasteiger charge is -2.06. The maximum atomic E-state index is 10.5. The van der Waals surface area contributed by atoms with Gasteiger partial charge in [0.25, 0.3) is 0 Å². The van der Waals surface area contributed by atoms with Gasteiger partial charge in [-0.15, -0.1) is 0 Å². The SMILES string of the molecule is CCCCCCCC1(CC(=O)O)N=N1. The highest BCUT2D eigenvalue weighted by Gasteiger charge is 2.41. The number of nitrogens with zero attached hydrogens (tertiary/aromatic N) is 2. The van der Waals surface area contributed by atoms with Crippen LogP contribution in [-0.2, 0) is 4.79 Å². The highest BCUT2D eigenvalue weighted by Crippen LogP contribution is 2.37. The van der Waals surface area contributed by atoms with Crippen molar-refractivity contribution in [3.05, 3.63) is 0 Å². The molecule has 1 heterocycles. The maximum absolute atomic E-state index is 10.5. The van der Waals surface area contributed by atoms with Crippen LogP contribution in [0.5, 0.6) is 0 Å². The van der Waals surface area contributed by atoms with Crippen LogP contribution < -0.4 is 0 Å². The van der Waals surface area contributed by atoms with Crippen molar-refractivity contribution in [2.75, 3.05) is 0 Å². The summed E-state index contributed by atoms with van der Waals surface area (Å²) in [4.78, 5) is 10.5. The van der Waals surface area contributed by atoms with Gasteiger partial charge in [-0.05, 0) is 12.8 Å². The molecule has 0 saturated carbocycles.